The lowest BCUT2D eigenvalue weighted by Crippen LogP contribution is -2.34. The van der Waals surface area contributed by atoms with Crippen molar-refractivity contribution < 1.29 is 32.6 Å². The minimum Gasteiger partial charge on any atom is -0.452 e. The Bertz CT molecular complexity index is 1050. The van der Waals surface area contributed by atoms with Crippen LogP contribution in [0.25, 0.3) is 10.8 Å². The van der Waals surface area contributed by atoms with Gasteiger partial charge in [0.2, 0.25) is 0 Å². The lowest BCUT2D eigenvalue weighted by Gasteiger charge is -2.08. The number of esters is 1. The molecule has 0 aliphatic carbocycles. The van der Waals surface area contributed by atoms with Crippen LogP contribution >= 0.6 is 0 Å². The molecule has 29 heavy (non-hydrogen) atoms. The summed E-state index contributed by atoms with van der Waals surface area (Å²) in [5.74, 6) is -2.40. The molecular weight excluding hydrogens is 384 g/mol. The molecule has 0 unspecified atom stereocenters. The highest BCUT2D eigenvalue weighted by Gasteiger charge is 2.16. The highest BCUT2D eigenvalue weighted by atomic mass is 19.3. The third kappa shape index (κ3) is 5.13. The van der Waals surface area contributed by atoms with E-state index in [9.17, 15) is 23.2 Å². The molecule has 6 nitrogen and oxygen atoms in total. The van der Waals surface area contributed by atoms with Gasteiger partial charge in [-0.3, -0.25) is 14.9 Å². The molecule has 2 amide bonds. The Morgan fingerprint density at radius 1 is 0.897 bits per heavy atom. The topological polar surface area (TPSA) is 81.7 Å². The second kappa shape index (κ2) is 8.92. The van der Waals surface area contributed by atoms with Crippen LogP contribution in [-0.2, 0) is 9.53 Å². The highest BCUT2D eigenvalue weighted by Crippen LogP contribution is 2.19. The summed E-state index contributed by atoms with van der Waals surface area (Å²) in [6.07, 6.45) is 0. The van der Waals surface area contributed by atoms with E-state index in [1.54, 1.807) is 24.3 Å². The van der Waals surface area contributed by atoms with Crippen LogP contribution in [0.2, 0.25) is 0 Å². The Morgan fingerprint density at radius 3 is 2.31 bits per heavy atom. The fraction of sp³-hybridized carbons (Fsp3) is 0.0952. The van der Waals surface area contributed by atoms with Gasteiger partial charge in [0.25, 0.3) is 11.8 Å². The van der Waals surface area contributed by atoms with Crippen LogP contribution in [0.15, 0.2) is 66.7 Å². The standard InChI is InChI=1S/C21H15F2NO5/c22-21(23)29-15-10-8-14(9-11-15)19(26)24-18(25)12-28-20(27)17-7-3-5-13-4-1-2-6-16(13)17/h1-11,21H,12H2,(H,24,25,26). The Kier molecular flexibility index (Phi) is 6.13. The maximum atomic E-state index is 12.3. The molecule has 0 aliphatic heterocycles. The number of amides is 2. The molecule has 0 aromatic heterocycles. The van der Waals surface area contributed by atoms with Gasteiger partial charge in [-0.05, 0) is 41.1 Å². The molecule has 0 radical (unpaired) electrons. The van der Waals surface area contributed by atoms with Crippen molar-refractivity contribution in [3.05, 3.63) is 77.9 Å². The third-order valence-corrected chi connectivity index (χ3v) is 3.94. The molecule has 0 aliphatic rings. The normalized spacial score (nSPS) is 10.6. The zero-order chi connectivity index (χ0) is 20.8. The van der Waals surface area contributed by atoms with E-state index < -0.39 is 31.0 Å². The maximum Gasteiger partial charge on any atom is 0.387 e. The molecule has 0 saturated heterocycles. The number of rotatable bonds is 6. The van der Waals surface area contributed by atoms with Gasteiger partial charge in [0.05, 0.1) is 5.56 Å². The maximum absolute atomic E-state index is 12.3. The molecule has 0 spiro atoms. The smallest absolute Gasteiger partial charge is 0.387 e. The number of halogens is 2. The zero-order valence-electron chi connectivity index (χ0n) is 14.9. The zero-order valence-corrected chi connectivity index (χ0v) is 14.9. The second-order valence-corrected chi connectivity index (χ2v) is 5.88. The lowest BCUT2D eigenvalue weighted by molar-refractivity contribution is -0.123. The van der Waals surface area contributed by atoms with E-state index in [2.05, 4.69) is 10.1 Å². The van der Waals surface area contributed by atoms with Crippen molar-refractivity contribution in [2.45, 2.75) is 6.61 Å². The fourth-order valence-electron chi connectivity index (χ4n) is 2.63. The lowest BCUT2D eigenvalue weighted by atomic mass is 10.1. The van der Waals surface area contributed by atoms with Crippen LogP contribution in [0.4, 0.5) is 8.78 Å². The summed E-state index contributed by atoms with van der Waals surface area (Å²) in [6.45, 7) is -3.63. The predicted octanol–water partition coefficient (Wildman–Crippen LogP) is 3.55. The molecule has 0 heterocycles. The first-order chi connectivity index (χ1) is 13.9. The number of benzene rings is 3. The van der Waals surface area contributed by atoms with Crippen LogP contribution in [0.1, 0.15) is 20.7 Å². The number of alkyl halides is 2. The minimum absolute atomic E-state index is 0.0559. The van der Waals surface area contributed by atoms with E-state index in [1.165, 1.54) is 24.3 Å². The summed E-state index contributed by atoms with van der Waals surface area (Å²) in [4.78, 5) is 36.2. The molecular formula is C21H15F2NO5. The summed E-state index contributed by atoms with van der Waals surface area (Å²) in [6, 6.07) is 17.1. The van der Waals surface area contributed by atoms with Crippen molar-refractivity contribution in [1.29, 1.82) is 0 Å². The van der Waals surface area contributed by atoms with E-state index in [-0.39, 0.29) is 11.3 Å². The van der Waals surface area contributed by atoms with Gasteiger partial charge < -0.3 is 9.47 Å². The van der Waals surface area contributed by atoms with Crippen LogP contribution < -0.4 is 10.1 Å². The Morgan fingerprint density at radius 2 is 1.59 bits per heavy atom. The number of carbonyl (C=O) groups is 3. The average Bonchev–Trinajstić information content (AvgIpc) is 2.71. The molecule has 0 bridgehead atoms. The largest absolute Gasteiger partial charge is 0.452 e. The molecule has 1 N–H and O–H groups in total. The highest BCUT2D eigenvalue weighted by molar-refractivity contribution is 6.07. The predicted molar refractivity (Wildman–Crippen MR) is 99.8 cm³/mol. The number of hydrogen-bond donors (Lipinski definition) is 1. The summed E-state index contributed by atoms with van der Waals surface area (Å²) >= 11 is 0. The second-order valence-electron chi connectivity index (χ2n) is 5.88. The molecule has 148 valence electrons. The molecule has 8 heteroatoms. The molecule has 3 aromatic rings. The van der Waals surface area contributed by atoms with Crippen molar-refractivity contribution in [1.82, 2.24) is 5.32 Å². The Balaban J connectivity index is 1.56. The first-order valence-corrected chi connectivity index (χ1v) is 8.48. The van der Waals surface area contributed by atoms with Gasteiger partial charge in [0, 0.05) is 5.56 Å². The quantitative estimate of drug-likeness (QED) is 0.641. The van der Waals surface area contributed by atoms with E-state index in [0.717, 1.165) is 5.39 Å². The first kappa shape index (κ1) is 19.9. The number of nitrogens with one attached hydrogen (secondary N) is 1. The van der Waals surface area contributed by atoms with Crippen molar-refractivity contribution in [2.75, 3.05) is 6.61 Å². The molecule has 0 saturated carbocycles. The number of imide groups is 1. The van der Waals surface area contributed by atoms with Gasteiger partial charge in [-0.25, -0.2) is 4.79 Å². The van der Waals surface area contributed by atoms with Gasteiger partial charge in [0.15, 0.2) is 6.61 Å². The van der Waals surface area contributed by atoms with Crippen LogP contribution in [0.3, 0.4) is 0 Å². The molecule has 0 atom stereocenters. The van der Waals surface area contributed by atoms with E-state index in [0.29, 0.717) is 10.9 Å². The van der Waals surface area contributed by atoms with Gasteiger partial charge >= 0.3 is 12.6 Å². The average molecular weight is 399 g/mol. The van der Waals surface area contributed by atoms with Crippen LogP contribution in [0, 0.1) is 0 Å². The Hall–Kier alpha value is -3.81. The van der Waals surface area contributed by atoms with Crippen molar-refractivity contribution >= 4 is 28.6 Å². The van der Waals surface area contributed by atoms with E-state index >= 15 is 0 Å². The molecule has 0 fully saturated rings. The summed E-state index contributed by atoms with van der Waals surface area (Å²) < 4.78 is 33.4. The summed E-state index contributed by atoms with van der Waals surface area (Å²) in [5, 5.41) is 3.59. The fourth-order valence-corrected chi connectivity index (χ4v) is 2.63. The van der Waals surface area contributed by atoms with Gasteiger partial charge in [0.1, 0.15) is 5.75 Å². The number of ether oxygens (including phenoxy) is 2. The van der Waals surface area contributed by atoms with E-state index in [4.69, 9.17) is 4.74 Å². The number of hydrogen-bond acceptors (Lipinski definition) is 5. The van der Waals surface area contributed by atoms with Crippen molar-refractivity contribution in [3.8, 4) is 5.75 Å². The summed E-state index contributed by atoms with van der Waals surface area (Å²) in [5.41, 5.74) is 0.359. The SMILES string of the molecule is O=C(COC(=O)c1cccc2ccccc12)NC(=O)c1ccc(OC(F)F)cc1. The first-order valence-electron chi connectivity index (χ1n) is 8.48. The minimum atomic E-state index is -2.98. The number of fused-ring (bicyclic) bond motifs is 1. The van der Waals surface area contributed by atoms with Gasteiger partial charge in [-0.15, -0.1) is 0 Å². The van der Waals surface area contributed by atoms with Crippen molar-refractivity contribution in [3.63, 3.8) is 0 Å². The van der Waals surface area contributed by atoms with Crippen LogP contribution in [-0.4, -0.2) is 31.0 Å². The number of carbonyl (C=O) groups excluding carboxylic acids is 3. The molecule has 3 rings (SSSR count). The molecule has 3 aromatic carbocycles. The third-order valence-electron chi connectivity index (χ3n) is 3.94. The van der Waals surface area contributed by atoms with E-state index in [1.807, 2.05) is 18.2 Å². The van der Waals surface area contributed by atoms with Gasteiger partial charge in [-0.1, -0.05) is 36.4 Å². The monoisotopic (exact) mass is 399 g/mol. The Labute approximate surface area is 164 Å². The van der Waals surface area contributed by atoms with Gasteiger partial charge in [-0.2, -0.15) is 8.78 Å². The van der Waals surface area contributed by atoms with Crippen molar-refractivity contribution in [2.24, 2.45) is 0 Å². The summed E-state index contributed by atoms with van der Waals surface area (Å²) in [7, 11) is 0. The van der Waals surface area contributed by atoms with Crippen LogP contribution in [0.5, 0.6) is 5.75 Å².